The summed E-state index contributed by atoms with van der Waals surface area (Å²) in [4.78, 5) is 51.2. The molecule has 0 bridgehead atoms. The van der Waals surface area contributed by atoms with Crippen LogP contribution in [0.3, 0.4) is 0 Å². The smallest absolute Gasteiger partial charge is 0.310 e. The van der Waals surface area contributed by atoms with Crippen molar-refractivity contribution in [3.05, 3.63) is 38.3 Å². The fourth-order valence-corrected chi connectivity index (χ4v) is 11.4. The Bertz CT molecular complexity index is 1730. The number of azide groups is 1. The van der Waals surface area contributed by atoms with E-state index < -0.39 is 29.2 Å². The van der Waals surface area contributed by atoms with Crippen LogP contribution in [0.2, 0.25) is 0 Å². The number of carboxylic acids is 1. The number of carbonyl (C=O) groups excluding carboxylic acids is 2. The molecule has 2 aromatic rings. The van der Waals surface area contributed by atoms with E-state index in [-0.39, 0.29) is 59.2 Å². The maximum atomic E-state index is 13.6. The molecule has 1 N–H and O–H groups in total. The number of nitro groups is 1. The van der Waals surface area contributed by atoms with Gasteiger partial charge in [0.25, 0.3) is 0 Å². The predicted octanol–water partition coefficient (Wildman–Crippen LogP) is 7.60. The molecule has 1 aromatic carbocycles. The molecule has 0 spiro atoms. The quantitative estimate of drug-likeness (QED) is 0.0380. The van der Waals surface area contributed by atoms with Crippen LogP contribution in [0.5, 0.6) is 0 Å². The van der Waals surface area contributed by atoms with Crippen LogP contribution in [0.1, 0.15) is 103 Å². The summed E-state index contributed by atoms with van der Waals surface area (Å²) in [5.41, 5.74) is 9.06. The van der Waals surface area contributed by atoms with Crippen molar-refractivity contribution >= 4 is 34.6 Å². The van der Waals surface area contributed by atoms with E-state index in [9.17, 15) is 29.6 Å². The van der Waals surface area contributed by atoms with Crippen molar-refractivity contribution < 1.29 is 38.5 Å². The summed E-state index contributed by atoms with van der Waals surface area (Å²) in [6, 6.07) is 2.73. The second kappa shape index (κ2) is 15.4. The number of nitrogens with zero attached hydrogens (tertiary/aromatic N) is 6. The molecule has 1 heterocycles. The Labute approximate surface area is 302 Å². The van der Waals surface area contributed by atoms with E-state index >= 15 is 0 Å². The van der Waals surface area contributed by atoms with E-state index in [4.69, 9.17) is 19.6 Å². The summed E-state index contributed by atoms with van der Waals surface area (Å²) in [7, 11) is 0. The first-order valence-corrected chi connectivity index (χ1v) is 18.8. The zero-order valence-electron chi connectivity index (χ0n) is 30.3. The lowest BCUT2D eigenvalue weighted by molar-refractivity contribution is -0.383. The Hall–Kier alpha value is -4.26. The number of esters is 2. The molecule has 4 fully saturated rings. The number of fused-ring (bicyclic) bond motifs is 6. The van der Waals surface area contributed by atoms with Gasteiger partial charge in [-0.3, -0.25) is 24.5 Å². The summed E-state index contributed by atoms with van der Waals surface area (Å²) in [5.74, 6) is 0.386. The van der Waals surface area contributed by atoms with Gasteiger partial charge in [-0.1, -0.05) is 25.9 Å². The van der Waals surface area contributed by atoms with E-state index in [1.54, 1.807) is 0 Å². The highest BCUT2D eigenvalue weighted by atomic mass is 16.6. The number of hydrogen-bond acceptors (Lipinski definition) is 11. The topological polar surface area (TPSA) is 221 Å². The first kappa shape index (κ1) is 37.5. The summed E-state index contributed by atoms with van der Waals surface area (Å²) >= 11 is 0. The van der Waals surface area contributed by atoms with E-state index in [2.05, 4.69) is 41.1 Å². The SMILES string of the molecule is C[C@H](CCC(=O)OCCN=[N+]=[N-])C1CC[C@H]2[C@@H]3CC[C@@H]4C[C@H](OC(=O)[C@H](CC(=O)O)Cc5ccc([N+](=O)[O-])c6nonc56)CC[C@]4(C)[C@H]3CC[C@]12C. The first-order valence-electron chi connectivity index (χ1n) is 18.8. The number of aliphatic carboxylic acids is 1. The zero-order chi connectivity index (χ0) is 37.2. The van der Waals surface area contributed by atoms with Gasteiger partial charge in [0.2, 0.25) is 5.52 Å². The second-order valence-corrected chi connectivity index (χ2v) is 16.4. The van der Waals surface area contributed by atoms with Gasteiger partial charge in [-0.25, -0.2) is 4.63 Å². The van der Waals surface area contributed by atoms with Crippen LogP contribution < -0.4 is 0 Å². The van der Waals surface area contributed by atoms with Crippen LogP contribution >= 0.6 is 0 Å². The highest BCUT2D eigenvalue weighted by Crippen LogP contribution is 2.68. The normalized spacial score (nSPS) is 32.0. The standard InChI is InChI=1S/C37H50N6O9/c1-21(4-11-32(46)50-17-16-39-42-38)27-8-9-28-26-7-6-24-20-25(12-14-36(24,2)29(26)13-15-37(27,28)3)51-35(47)23(19-31(44)45)18-22-5-10-30(43(48)49)34-33(22)40-52-41-34/h5,10,21,23-29H,4,6-9,11-20H2,1-3H3,(H,44,45)/t21-,23+,24-,25-,26+,27?,28+,29+,36+,37-/m1/s1. The van der Waals surface area contributed by atoms with E-state index in [1.165, 1.54) is 37.8 Å². The van der Waals surface area contributed by atoms with Crippen molar-refractivity contribution in [2.75, 3.05) is 13.2 Å². The molecule has 6 rings (SSSR count). The Kier molecular flexibility index (Phi) is 11.1. The molecule has 4 aliphatic carbocycles. The van der Waals surface area contributed by atoms with E-state index in [0.29, 0.717) is 47.5 Å². The Morgan fingerprint density at radius 1 is 1.10 bits per heavy atom. The lowest BCUT2D eigenvalue weighted by Gasteiger charge is -2.61. The molecule has 1 aromatic heterocycles. The van der Waals surface area contributed by atoms with Crippen LogP contribution in [0.15, 0.2) is 21.9 Å². The minimum absolute atomic E-state index is 0.0197. The molecule has 0 saturated heterocycles. The van der Waals surface area contributed by atoms with Crippen molar-refractivity contribution in [3.8, 4) is 0 Å². The van der Waals surface area contributed by atoms with Crippen molar-refractivity contribution in [3.63, 3.8) is 0 Å². The third-order valence-electron chi connectivity index (χ3n) is 13.9. The summed E-state index contributed by atoms with van der Waals surface area (Å²) in [6.45, 7) is 7.52. The number of nitro benzene ring substituents is 1. The molecule has 0 radical (unpaired) electrons. The number of carbonyl (C=O) groups is 3. The molecule has 10 atom stereocenters. The maximum Gasteiger partial charge on any atom is 0.310 e. The molecular formula is C37H50N6O9. The van der Waals surface area contributed by atoms with Gasteiger partial charge in [0.1, 0.15) is 11.6 Å². The Morgan fingerprint density at radius 2 is 1.85 bits per heavy atom. The van der Waals surface area contributed by atoms with Gasteiger partial charge in [-0.15, -0.1) is 0 Å². The molecule has 52 heavy (non-hydrogen) atoms. The van der Waals surface area contributed by atoms with Gasteiger partial charge in [0, 0.05) is 17.4 Å². The lowest BCUT2D eigenvalue weighted by atomic mass is 9.44. The van der Waals surface area contributed by atoms with Crippen molar-refractivity contribution in [2.24, 2.45) is 57.4 Å². The Balaban J connectivity index is 1.06. The average molecular weight is 723 g/mol. The molecule has 4 saturated carbocycles. The number of non-ortho nitro benzene ring substituents is 1. The van der Waals surface area contributed by atoms with Crippen molar-refractivity contribution in [1.29, 1.82) is 0 Å². The maximum absolute atomic E-state index is 13.6. The number of ether oxygens (including phenoxy) is 2. The monoisotopic (exact) mass is 722 g/mol. The highest BCUT2D eigenvalue weighted by molar-refractivity contribution is 5.87. The van der Waals surface area contributed by atoms with Crippen LogP contribution in [-0.4, -0.2) is 57.5 Å². The number of hydrogen-bond donors (Lipinski definition) is 1. The lowest BCUT2D eigenvalue weighted by Crippen LogP contribution is -2.54. The van der Waals surface area contributed by atoms with E-state index in [0.717, 1.165) is 38.5 Å². The van der Waals surface area contributed by atoms with Gasteiger partial charge in [-0.2, -0.15) is 0 Å². The summed E-state index contributed by atoms with van der Waals surface area (Å²) in [5, 5.41) is 32.0. The van der Waals surface area contributed by atoms with Gasteiger partial charge in [0.05, 0.1) is 30.4 Å². The number of aromatic nitrogens is 2. The molecule has 0 aliphatic heterocycles. The van der Waals surface area contributed by atoms with Crippen LogP contribution in [0, 0.1) is 62.4 Å². The second-order valence-electron chi connectivity index (χ2n) is 16.4. The number of benzene rings is 1. The minimum atomic E-state index is -1.14. The molecule has 1 unspecified atom stereocenters. The molecular weight excluding hydrogens is 672 g/mol. The summed E-state index contributed by atoms with van der Waals surface area (Å²) in [6.07, 6.45) is 9.89. The van der Waals surface area contributed by atoms with Crippen LogP contribution in [0.4, 0.5) is 5.69 Å². The largest absolute Gasteiger partial charge is 0.481 e. The van der Waals surface area contributed by atoms with Crippen molar-refractivity contribution in [1.82, 2.24) is 10.3 Å². The summed E-state index contributed by atoms with van der Waals surface area (Å²) < 4.78 is 16.1. The third kappa shape index (κ3) is 7.33. The molecule has 0 amide bonds. The molecule has 4 aliphatic rings. The molecule has 15 nitrogen and oxygen atoms in total. The number of rotatable bonds is 14. The molecule has 282 valence electrons. The van der Waals surface area contributed by atoms with Crippen LogP contribution in [-0.2, 0) is 30.3 Å². The van der Waals surface area contributed by atoms with E-state index in [1.807, 2.05) is 0 Å². The fraction of sp³-hybridized carbons (Fsp3) is 0.757. The fourth-order valence-electron chi connectivity index (χ4n) is 11.4. The highest BCUT2D eigenvalue weighted by Gasteiger charge is 2.60. The van der Waals surface area contributed by atoms with Gasteiger partial charge in [-0.05, 0) is 144 Å². The first-order chi connectivity index (χ1) is 24.9. The Morgan fingerprint density at radius 3 is 2.60 bits per heavy atom. The van der Waals surface area contributed by atoms with Gasteiger partial charge >= 0.3 is 23.6 Å². The van der Waals surface area contributed by atoms with Crippen LogP contribution in [0.25, 0.3) is 21.5 Å². The predicted molar refractivity (Wildman–Crippen MR) is 186 cm³/mol. The third-order valence-corrected chi connectivity index (χ3v) is 13.9. The molecule has 15 heteroatoms. The van der Waals surface area contributed by atoms with Gasteiger partial charge < -0.3 is 14.6 Å². The van der Waals surface area contributed by atoms with Crippen molar-refractivity contribution in [2.45, 2.75) is 110 Å². The average Bonchev–Trinajstić information content (AvgIpc) is 3.74. The number of carboxylic acid groups (broad SMARTS) is 1. The zero-order valence-corrected chi connectivity index (χ0v) is 30.3. The van der Waals surface area contributed by atoms with Gasteiger partial charge in [0.15, 0.2) is 0 Å². The minimum Gasteiger partial charge on any atom is -0.481 e.